The quantitative estimate of drug-likeness (QED) is 0.843. The normalized spacial score (nSPS) is 13.6. The van der Waals surface area contributed by atoms with E-state index in [4.69, 9.17) is 5.11 Å². The standard InChI is InChI=1S/C15H21N3O3/c1-17(2)13-5-3-4-11(10-13)16-15(21)18(12-6-7-12)9-8-14(19)20/h3-5,10,12H,6-9H2,1-2H3,(H,16,21)(H,19,20). The van der Waals surface area contributed by atoms with Crippen LogP contribution in [-0.4, -0.2) is 48.7 Å². The molecule has 0 unspecified atom stereocenters. The van der Waals surface area contributed by atoms with E-state index in [0.29, 0.717) is 5.69 Å². The van der Waals surface area contributed by atoms with Gasteiger partial charge in [-0.2, -0.15) is 0 Å². The topological polar surface area (TPSA) is 72.9 Å². The number of carbonyl (C=O) groups excluding carboxylic acids is 1. The van der Waals surface area contributed by atoms with E-state index in [0.717, 1.165) is 18.5 Å². The van der Waals surface area contributed by atoms with Gasteiger partial charge >= 0.3 is 12.0 Å². The molecule has 0 atom stereocenters. The number of hydrogen-bond donors (Lipinski definition) is 2. The molecule has 21 heavy (non-hydrogen) atoms. The summed E-state index contributed by atoms with van der Waals surface area (Å²) in [5.74, 6) is -0.886. The summed E-state index contributed by atoms with van der Waals surface area (Å²) in [6, 6.07) is 7.51. The van der Waals surface area contributed by atoms with Crippen molar-refractivity contribution in [2.45, 2.75) is 25.3 Å². The molecule has 114 valence electrons. The average molecular weight is 291 g/mol. The number of carboxylic acid groups (broad SMARTS) is 1. The van der Waals surface area contributed by atoms with E-state index in [2.05, 4.69) is 5.32 Å². The second-order valence-corrected chi connectivity index (χ2v) is 5.44. The smallest absolute Gasteiger partial charge is 0.322 e. The van der Waals surface area contributed by atoms with Crippen LogP contribution in [0.4, 0.5) is 16.2 Å². The largest absolute Gasteiger partial charge is 0.481 e. The van der Waals surface area contributed by atoms with Crippen molar-refractivity contribution in [3.05, 3.63) is 24.3 Å². The van der Waals surface area contributed by atoms with Gasteiger partial charge in [-0.3, -0.25) is 4.79 Å². The maximum Gasteiger partial charge on any atom is 0.322 e. The maximum atomic E-state index is 12.3. The number of nitrogens with zero attached hydrogens (tertiary/aromatic N) is 2. The number of anilines is 2. The summed E-state index contributed by atoms with van der Waals surface area (Å²) in [7, 11) is 3.87. The van der Waals surface area contributed by atoms with Gasteiger partial charge in [-0.1, -0.05) is 6.07 Å². The third kappa shape index (κ3) is 4.37. The Morgan fingerprint density at radius 2 is 2.05 bits per heavy atom. The lowest BCUT2D eigenvalue weighted by Crippen LogP contribution is -2.38. The van der Waals surface area contributed by atoms with Crippen molar-refractivity contribution < 1.29 is 14.7 Å². The number of benzene rings is 1. The van der Waals surface area contributed by atoms with Crippen LogP contribution in [0.3, 0.4) is 0 Å². The molecule has 0 aromatic heterocycles. The molecule has 6 heteroatoms. The van der Waals surface area contributed by atoms with Gasteiger partial charge < -0.3 is 20.2 Å². The van der Waals surface area contributed by atoms with Crippen LogP contribution in [0.2, 0.25) is 0 Å². The Kier molecular flexibility index (Phi) is 4.67. The van der Waals surface area contributed by atoms with E-state index < -0.39 is 5.97 Å². The summed E-state index contributed by atoms with van der Waals surface area (Å²) in [4.78, 5) is 26.6. The van der Waals surface area contributed by atoms with Crippen LogP contribution in [0.25, 0.3) is 0 Å². The molecule has 1 aliphatic rings. The fourth-order valence-corrected chi connectivity index (χ4v) is 2.11. The van der Waals surface area contributed by atoms with Crippen molar-refractivity contribution in [2.75, 3.05) is 30.9 Å². The van der Waals surface area contributed by atoms with E-state index in [-0.39, 0.29) is 25.0 Å². The number of carboxylic acids is 1. The summed E-state index contributed by atoms with van der Waals surface area (Å²) < 4.78 is 0. The molecule has 0 heterocycles. The van der Waals surface area contributed by atoms with Gasteiger partial charge in [-0.05, 0) is 31.0 Å². The molecule has 0 aliphatic heterocycles. The zero-order valence-electron chi connectivity index (χ0n) is 12.4. The predicted octanol–water partition coefficient (Wildman–Crippen LogP) is 2.22. The molecule has 0 radical (unpaired) electrons. The van der Waals surface area contributed by atoms with Gasteiger partial charge in [0.15, 0.2) is 0 Å². The van der Waals surface area contributed by atoms with Crippen molar-refractivity contribution in [3.63, 3.8) is 0 Å². The highest BCUT2D eigenvalue weighted by Crippen LogP contribution is 2.28. The average Bonchev–Trinajstić information content (AvgIpc) is 3.23. The predicted molar refractivity (Wildman–Crippen MR) is 81.8 cm³/mol. The summed E-state index contributed by atoms with van der Waals surface area (Å²) in [6.45, 7) is 0.249. The van der Waals surface area contributed by atoms with Crippen molar-refractivity contribution in [1.82, 2.24) is 4.90 Å². The van der Waals surface area contributed by atoms with Gasteiger partial charge in [-0.15, -0.1) is 0 Å². The molecule has 0 saturated heterocycles. The second-order valence-electron chi connectivity index (χ2n) is 5.44. The molecule has 1 fully saturated rings. The molecular formula is C15H21N3O3. The lowest BCUT2D eigenvalue weighted by molar-refractivity contribution is -0.137. The molecule has 0 spiro atoms. The van der Waals surface area contributed by atoms with E-state index in [1.807, 2.05) is 43.3 Å². The summed E-state index contributed by atoms with van der Waals surface area (Å²) >= 11 is 0. The molecule has 1 aliphatic carbocycles. The molecule has 0 bridgehead atoms. The summed E-state index contributed by atoms with van der Waals surface area (Å²) in [5, 5.41) is 11.6. The van der Waals surface area contributed by atoms with Crippen molar-refractivity contribution in [3.8, 4) is 0 Å². The van der Waals surface area contributed by atoms with Crippen LogP contribution in [-0.2, 0) is 4.79 Å². The fraction of sp³-hybridized carbons (Fsp3) is 0.467. The number of rotatable bonds is 6. The van der Waals surface area contributed by atoms with Crippen LogP contribution in [0.5, 0.6) is 0 Å². The summed E-state index contributed by atoms with van der Waals surface area (Å²) in [5.41, 5.74) is 1.71. The maximum absolute atomic E-state index is 12.3. The first-order valence-corrected chi connectivity index (χ1v) is 7.04. The molecule has 2 rings (SSSR count). The molecule has 6 nitrogen and oxygen atoms in total. The first-order chi connectivity index (χ1) is 9.97. The Morgan fingerprint density at radius 3 is 2.62 bits per heavy atom. The van der Waals surface area contributed by atoms with Crippen LogP contribution in [0, 0.1) is 0 Å². The summed E-state index contributed by atoms with van der Waals surface area (Å²) in [6.07, 6.45) is 1.87. The minimum absolute atomic E-state index is 0.0261. The van der Waals surface area contributed by atoms with Gasteiger partial charge in [0.1, 0.15) is 0 Å². The number of nitrogens with one attached hydrogen (secondary N) is 1. The number of aliphatic carboxylic acids is 1. The highest BCUT2D eigenvalue weighted by molar-refractivity contribution is 5.90. The highest BCUT2D eigenvalue weighted by Gasteiger charge is 2.32. The molecule has 1 aromatic carbocycles. The van der Waals surface area contributed by atoms with Crippen LogP contribution >= 0.6 is 0 Å². The van der Waals surface area contributed by atoms with E-state index in [9.17, 15) is 9.59 Å². The zero-order valence-corrected chi connectivity index (χ0v) is 12.4. The van der Waals surface area contributed by atoms with Gasteiger partial charge in [0.2, 0.25) is 0 Å². The van der Waals surface area contributed by atoms with Crippen LogP contribution in [0.15, 0.2) is 24.3 Å². The van der Waals surface area contributed by atoms with Crippen LogP contribution in [0.1, 0.15) is 19.3 Å². The van der Waals surface area contributed by atoms with Gasteiger partial charge in [0.05, 0.1) is 6.42 Å². The van der Waals surface area contributed by atoms with E-state index in [1.165, 1.54) is 0 Å². The molecule has 2 N–H and O–H groups in total. The molecule has 1 aromatic rings. The highest BCUT2D eigenvalue weighted by atomic mass is 16.4. The monoisotopic (exact) mass is 291 g/mol. The second kappa shape index (κ2) is 6.47. The Bertz CT molecular complexity index is 527. The Labute approximate surface area is 124 Å². The lowest BCUT2D eigenvalue weighted by atomic mass is 10.2. The number of hydrogen-bond acceptors (Lipinski definition) is 3. The molecule has 1 saturated carbocycles. The van der Waals surface area contributed by atoms with Gasteiger partial charge in [0, 0.05) is 38.1 Å². The zero-order chi connectivity index (χ0) is 15.4. The van der Waals surface area contributed by atoms with Crippen molar-refractivity contribution >= 4 is 23.4 Å². The van der Waals surface area contributed by atoms with Crippen molar-refractivity contribution in [1.29, 1.82) is 0 Å². The minimum Gasteiger partial charge on any atom is -0.481 e. The van der Waals surface area contributed by atoms with E-state index in [1.54, 1.807) is 4.90 Å². The SMILES string of the molecule is CN(C)c1cccc(NC(=O)N(CCC(=O)O)C2CC2)c1. The van der Waals surface area contributed by atoms with Crippen LogP contribution < -0.4 is 10.2 Å². The Hall–Kier alpha value is -2.24. The Morgan fingerprint density at radius 1 is 1.33 bits per heavy atom. The fourth-order valence-electron chi connectivity index (χ4n) is 2.11. The number of carbonyl (C=O) groups is 2. The molecule has 2 amide bonds. The Balaban J connectivity index is 2.01. The van der Waals surface area contributed by atoms with Gasteiger partial charge in [-0.25, -0.2) is 4.79 Å². The number of urea groups is 1. The first-order valence-electron chi connectivity index (χ1n) is 7.04. The van der Waals surface area contributed by atoms with E-state index >= 15 is 0 Å². The lowest BCUT2D eigenvalue weighted by Gasteiger charge is -2.22. The van der Waals surface area contributed by atoms with Crippen molar-refractivity contribution in [2.24, 2.45) is 0 Å². The first kappa shape index (κ1) is 15.2. The third-order valence-electron chi connectivity index (χ3n) is 3.43. The number of amides is 2. The van der Waals surface area contributed by atoms with Gasteiger partial charge in [0.25, 0.3) is 0 Å². The molecular weight excluding hydrogens is 270 g/mol. The minimum atomic E-state index is -0.886. The third-order valence-corrected chi connectivity index (χ3v) is 3.43.